The summed E-state index contributed by atoms with van der Waals surface area (Å²) in [4.78, 5) is 21.6. The van der Waals surface area contributed by atoms with E-state index in [0.29, 0.717) is 13.2 Å². The van der Waals surface area contributed by atoms with E-state index in [1.807, 2.05) is 6.92 Å². The van der Waals surface area contributed by atoms with Crippen molar-refractivity contribution in [2.75, 3.05) is 13.2 Å². The van der Waals surface area contributed by atoms with E-state index in [1.54, 1.807) is 18.2 Å². The summed E-state index contributed by atoms with van der Waals surface area (Å²) >= 11 is 0. The van der Waals surface area contributed by atoms with Crippen molar-refractivity contribution >= 4 is 7.82 Å². The first-order valence-corrected chi connectivity index (χ1v) is 5.54. The molecule has 0 heterocycles. The van der Waals surface area contributed by atoms with Crippen LogP contribution < -0.4 is 0 Å². The summed E-state index contributed by atoms with van der Waals surface area (Å²) in [5.74, 6) is 0. The predicted molar refractivity (Wildman–Crippen MR) is 61.3 cm³/mol. The number of hydrogen-bond donors (Lipinski definition) is 3. The fraction of sp³-hybridized carbons (Fsp3) is 0.333. The zero-order valence-electron chi connectivity index (χ0n) is 8.87. The van der Waals surface area contributed by atoms with Crippen LogP contribution >= 0.6 is 7.82 Å². The largest absolute Gasteiger partial charge is 0.466 e. The molecule has 0 radical (unpaired) electrons. The van der Waals surface area contributed by atoms with Crippen LogP contribution in [0.2, 0.25) is 0 Å². The number of phosphoric acid groups is 1. The zero-order chi connectivity index (χ0) is 12.7. The Bertz CT molecular complexity index is 180. The minimum atomic E-state index is -4.64. The second-order valence-electron chi connectivity index (χ2n) is 2.04. The standard InChI is InChI=1S/C6H10O.C3H6.H3O4P/c1-3-5-7-6-4-2;1-3-2;1-5(2,3)4/h3-4H,1-2,5-6H2;3H,1H2,2H3;(H3,1,2,3,4). The molecule has 0 aromatic carbocycles. The van der Waals surface area contributed by atoms with Crippen LogP contribution in [0.3, 0.4) is 0 Å². The number of rotatable bonds is 4. The molecule has 0 atom stereocenters. The van der Waals surface area contributed by atoms with Gasteiger partial charge >= 0.3 is 7.82 Å². The Labute approximate surface area is 90.6 Å². The average Bonchev–Trinajstić information content (AvgIpc) is 2.04. The van der Waals surface area contributed by atoms with Gasteiger partial charge in [-0.2, -0.15) is 0 Å². The van der Waals surface area contributed by atoms with Crippen molar-refractivity contribution in [1.82, 2.24) is 0 Å². The van der Waals surface area contributed by atoms with Gasteiger partial charge in [-0.1, -0.05) is 18.2 Å². The third-order valence-corrected chi connectivity index (χ3v) is 0.471. The van der Waals surface area contributed by atoms with E-state index in [-0.39, 0.29) is 0 Å². The minimum absolute atomic E-state index is 0.617. The van der Waals surface area contributed by atoms with Gasteiger partial charge in [-0.05, 0) is 6.92 Å². The maximum absolute atomic E-state index is 8.88. The first-order chi connectivity index (χ1) is 6.83. The van der Waals surface area contributed by atoms with Crippen LogP contribution in [-0.4, -0.2) is 27.9 Å². The lowest BCUT2D eigenvalue weighted by Gasteiger charge is -1.89. The summed E-state index contributed by atoms with van der Waals surface area (Å²) in [5.41, 5.74) is 0. The summed E-state index contributed by atoms with van der Waals surface area (Å²) in [7, 11) is -4.64. The van der Waals surface area contributed by atoms with Gasteiger partial charge in [0.1, 0.15) is 0 Å². The molecule has 0 amide bonds. The molecule has 0 bridgehead atoms. The summed E-state index contributed by atoms with van der Waals surface area (Å²) in [6.07, 6.45) is 5.17. The molecule has 0 unspecified atom stereocenters. The molecule has 0 aliphatic heterocycles. The normalized spacial score (nSPS) is 8.53. The van der Waals surface area contributed by atoms with Crippen LogP contribution in [0.4, 0.5) is 0 Å². The van der Waals surface area contributed by atoms with Crippen molar-refractivity contribution in [2.45, 2.75) is 6.92 Å². The molecule has 0 saturated carbocycles. The molecule has 0 spiro atoms. The summed E-state index contributed by atoms with van der Waals surface area (Å²) in [5, 5.41) is 0. The van der Waals surface area contributed by atoms with E-state index in [9.17, 15) is 0 Å². The van der Waals surface area contributed by atoms with Gasteiger partial charge in [-0.15, -0.1) is 19.7 Å². The van der Waals surface area contributed by atoms with Gasteiger partial charge < -0.3 is 19.4 Å². The summed E-state index contributed by atoms with van der Waals surface area (Å²) in [6, 6.07) is 0. The van der Waals surface area contributed by atoms with E-state index in [4.69, 9.17) is 24.0 Å². The van der Waals surface area contributed by atoms with Crippen molar-refractivity contribution in [2.24, 2.45) is 0 Å². The molecule has 3 N–H and O–H groups in total. The highest BCUT2D eigenvalue weighted by molar-refractivity contribution is 7.45. The van der Waals surface area contributed by atoms with Gasteiger partial charge in [0.15, 0.2) is 0 Å². The Balaban J connectivity index is -0.000000158. The predicted octanol–water partition coefficient (Wildman–Crippen LogP) is 1.64. The number of allylic oxidation sites excluding steroid dienone is 1. The molecule has 5 nitrogen and oxygen atoms in total. The minimum Gasteiger partial charge on any atom is -0.373 e. The lowest BCUT2D eigenvalue weighted by molar-refractivity contribution is 0.194. The van der Waals surface area contributed by atoms with Crippen LogP contribution in [0, 0.1) is 0 Å². The molecular formula is C9H19O5P. The Hall–Kier alpha value is -0.710. The van der Waals surface area contributed by atoms with Crippen LogP contribution in [-0.2, 0) is 9.30 Å². The topological polar surface area (TPSA) is 87.0 Å². The Kier molecular flexibility index (Phi) is 20.8. The molecule has 0 aliphatic rings. The lowest BCUT2D eigenvalue weighted by Crippen LogP contribution is -1.87. The maximum atomic E-state index is 8.88. The number of ether oxygens (including phenoxy) is 1. The monoisotopic (exact) mass is 238 g/mol. The fourth-order valence-electron chi connectivity index (χ4n) is 0.235. The van der Waals surface area contributed by atoms with Crippen LogP contribution in [0.5, 0.6) is 0 Å². The average molecular weight is 238 g/mol. The summed E-state index contributed by atoms with van der Waals surface area (Å²) in [6.45, 7) is 13.4. The highest BCUT2D eigenvalue weighted by Gasteiger charge is 2.00. The van der Waals surface area contributed by atoms with Gasteiger partial charge in [0, 0.05) is 0 Å². The first-order valence-electron chi connectivity index (χ1n) is 3.98. The van der Waals surface area contributed by atoms with E-state index in [2.05, 4.69) is 19.7 Å². The third-order valence-electron chi connectivity index (χ3n) is 0.471. The van der Waals surface area contributed by atoms with Crippen molar-refractivity contribution in [3.63, 3.8) is 0 Å². The van der Waals surface area contributed by atoms with Crippen molar-refractivity contribution in [3.8, 4) is 0 Å². The Morgan fingerprint density at radius 3 is 1.47 bits per heavy atom. The second kappa shape index (κ2) is 15.7. The maximum Gasteiger partial charge on any atom is 0.466 e. The molecule has 0 aliphatic carbocycles. The smallest absolute Gasteiger partial charge is 0.373 e. The molecule has 0 aromatic heterocycles. The molecule has 90 valence electrons. The van der Waals surface area contributed by atoms with E-state index >= 15 is 0 Å². The van der Waals surface area contributed by atoms with Gasteiger partial charge in [0.05, 0.1) is 13.2 Å². The molecule has 0 fully saturated rings. The lowest BCUT2D eigenvalue weighted by atomic mass is 10.6. The van der Waals surface area contributed by atoms with E-state index in [0.717, 1.165) is 0 Å². The van der Waals surface area contributed by atoms with E-state index in [1.165, 1.54) is 0 Å². The fourth-order valence-corrected chi connectivity index (χ4v) is 0.235. The molecule has 0 saturated heterocycles. The van der Waals surface area contributed by atoms with Crippen molar-refractivity contribution in [1.29, 1.82) is 0 Å². The SMILES string of the molecule is C=CC.C=CCOCC=C.O=P(O)(O)O. The van der Waals surface area contributed by atoms with Gasteiger partial charge in [0.2, 0.25) is 0 Å². The van der Waals surface area contributed by atoms with Gasteiger partial charge in [-0.25, -0.2) is 4.57 Å². The third kappa shape index (κ3) is 157. The van der Waals surface area contributed by atoms with Crippen LogP contribution in [0.1, 0.15) is 6.92 Å². The highest BCUT2D eigenvalue weighted by Crippen LogP contribution is 2.25. The first kappa shape index (κ1) is 19.8. The van der Waals surface area contributed by atoms with Crippen molar-refractivity contribution < 1.29 is 24.0 Å². The van der Waals surface area contributed by atoms with Crippen molar-refractivity contribution in [3.05, 3.63) is 38.0 Å². The molecule has 6 heteroatoms. The molecule has 0 rings (SSSR count). The molecule has 0 aromatic rings. The van der Waals surface area contributed by atoms with Crippen LogP contribution in [0.15, 0.2) is 38.0 Å². The second-order valence-corrected chi connectivity index (χ2v) is 3.06. The highest BCUT2D eigenvalue weighted by atomic mass is 31.2. The molecular weight excluding hydrogens is 219 g/mol. The van der Waals surface area contributed by atoms with E-state index < -0.39 is 7.82 Å². The number of hydrogen-bond acceptors (Lipinski definition) is 2. The van der Waals surface area contributed by atoms with Crippen LogP contribution in [0.25, 0.3) is 0 Å². The molecule has 15 heavy (non-hydrogen) atoms. The zero-order valence-corrected chi connectivity index (χ0v) is 9.77. The Morgan fingerprint density at radius 2 is 1.33 bits per heavy atom. The summed E-state index contributed by atoms with van der Waals surface area (Å²) < 4.78 is 13.8. The van der Waals surface area contributed by atoms with Gasteiger partial charge in [0.25, 0.3) is 0 Å². The Morgan fingerprint density at radius 1 is 1.13 bits per heavy atom. The van der Waals surface area contributed by atoms with Gasteiger partial charge in [-0.3, -0.25) is 0 Å². The quantitative estimate of drug-likeness (QED) is 0.393.